The number of nitrogens with one attached hydrogen (secondary N) is 2. The molecule has 0 spiro atoms. The molecule has 0 aliphatic rings. The number of hydrogen-bond acceptors (Lipinski definition) is 4. The molecule has 0 saturated carbocycles. The summed E-state index contributed by atoms with van der Waals surface area (Å²) in [5.41, 5.74) is 1.92. The van der Waals surface area contributed by atoms with E-state index in [1.54, 1.807) is 30.4 Å². The molecule has 7 heteroatoms. The van der Waals surface area contributed by atoms with Crippen molar-refractivity contribution in [2.45, 2.75) is 11.8 Å². The Bertz CT molecular complexity index is 852. The average Bonchev–Trinajstić information content (AvgIpc) is 3.10. The summed E-state index contributed by atoms with van der Waals surface area (Å²) in [6.45, 7) is 1.67. The molecule has 0 amide bonds. The molecule has 21 heavy (non-hydrogen) atoms. The molecule has 5 nitrogen and oxygen atoms in total. The normalized spacial score (nSPS) is 11.5. The van der Waals surface area contributed by atoms with Crippen LogP contribution in [0.15, 0.2) is 52.9 Å². The third kappa shape index (κ3) is 2.70. The number of para-hydroxylation sites is 1. The topological polar surface area (TPSA) is 74.8 Å². The summed E-state index contributed by atoms with van der Waals surface area (Å²) >= 11 is 1.56. The van der Waals surface area contributed by atoms with Crippen molar-refractivity contribution >= 4 is 27.0 Å². The van der Waals surface area contributed by atoms with Gasteiger partial charge in [-0.2, -0.15) is 5.10 Å². The molecule has 2 aromatic heterocycles. The molecule has 0 radical (unpaired) electrons. The van der Waals surface area contributed by atoms with Crippen LogP contribution in [-0.4, -0.2) is 18.6 Å². The molecule has 0 bridgehead atoms. The number of thiophene rings is 1. The minimum atomic E-state index is -3.65. The largest absolute Gasteiger partial charge is 0.281 e. The van der Waals surface area contributed by atoms with Gasteiger partial charge in [0.05, 0.1) is 17.6 Å². The highest BCUT2D eigenvalue weighted by atomic mass is 32.2. The van der Waals surface area contributed by atoms with E-state index in [9.17, 15) is 8.42 Å². The molecule has 1 aromatic carbocycles. The first-order chi connectivity index (χ1) is 10.1. The van der Waals surface area contributed by atoms with Crippen molar-refractivity contribution in [3.63, 3.8) is 0 Å². The Hall–Kier alpha value is -2.12. The number of sulfonamides is 1. The van der Waals surface area contributed by atoms with Crippen LogP contribution >= 0.6 is 11.3 Å². The number of H-pyrrole nitrogens is 1. The van der Waals surface area contributed by atoms with Crippen LogP contribution in [0.1, 0.15) is 5.69 Å². The summed E-state index contributed by atoms with van der Waals surface area (Å²) in [5.74, 6) is 0. The summed E-state index contributed by atoms with van der Waals surface area (Å²) in [5, 5.41) is 8.35. The van der Waals surface area contributed by atoms with Crippen molar-refractivity contribution in [3.05, 3.63) is 53.7 Å². The van der Waals surface area contributed by atoms with E-state index in [0.717, 1.165) is 10.4 Å². The highest BCUT2D eigenvalue weighted by Gasteiger charge is 2.20. The van der Waals surface area contributed by atoms with Gasteiger partial charge in [-0.1, -0.05) is 24.3 Å². The van der Waals surface area contributed by atoms with E-state index in [2.05, 4.69) is 14.9 Å². The number of benzene rings is 1. The quantitative estimate of drug-likeness (QED) is 0.775. The standard InChI is InChI=1S/C14H13N3O2S2/c1-10-14(9-15-16-10)21(18,19)17-12-6-3-2-5-11(12)13-7-4-8-20-13/h2-9,17H,1H3,(H,15,16). The molecule has 108 valence electrons. The summed E-state index contributed by atoms with van der Waals surface area (Å²) in [7, 11) is -3.65. The molecule has 0 saturated heterocycles. The van der Waals surface area contributed by atoms with E-state index < -0.39 is 10.0 Å². The minimum absolute atomic E-state index is 0.156. The molecule has 0 aliphatic carbocycles. The number of nitrogens with zero attached hydrogens (tertiary/aromatic N) is 1. The van der Waals surface area contributed by atoms with Gasteiger partial charge in [0, 0.05) is 10.4 Å². The third-order valence-corrected chi connectivity index (χ3v) is 5.41. The third-order valence-electron chi connectivity index (χ3n) is 3.03. The maximum absolute atomic E-state index is 12.4. The lowest BCUT2D eigenvalue weighted by molar-refractivity contribution is 0.600. The molecule has 2 N–H and O–H groups in total. The van der Waals surface area contributed by atoms with Gasteiger partial charge in [-0.05, 0) is 24.4 Å². The fourth-order valence-electron chi connectivity index (χ4n) is 2.03. The highest BCUT2D eigenvalue weighted by molar-refractivity contribution is 7.92. The predicted octanol–water partition coefficient (Wildman–Crippen LogP) is 3.25. The zero-order chi connectivity index (χ0) is 14.9. The first kappa shape index (κ1) is 13.8. The van der Waals surface area contributed by atoms with Crippen LogP contribution in [0.4, 0.5) is 5.69 Å². The van der Waals surface area contributed by atoms with Crippen LogP contribution < -0.4 is 4.72 Å². The van der Waals surface area contributed by atoms with Gasteiger partial charge in [0.15, 0.2) is 0 Å². The van der Waals surface area contributed by atoms with Crippen molar-refractivity contribution in [1.82, 2.24) is 10.2 Å². The molecular formula is C14H13N3O2S2. The second kappa shape index (κ2) is 5.34. The monoisotopic (exact) mass is 319 g/mol. The number of anilines is 1. The van der Waals surface area contributed by atoms with Crippen LogP contribution in [0.5, 0.6) is 0 Å². The maximum Gasteiger partial charge on any atom is 0.265 e. The predicted molar refractivity (Wildman–Crippen MR) is 83.9 cm³/mol. The fourth-order valence-corrected chi connectivity index (χ4v) is 4.01. The first-order valence-corrected chi connectivity index (χ1v) is 8.60. The van der Waals surface area contributed by atoms with E-state index in [1.807, 2.05) is 29.6 Å². The number of aryl methyl sites for hydroxylation is 1. The second-order valence-corrected chi connectivity index (χ2v) is 7.09. The fraction of sp³-hybridized carbons (Fsp3) is 0.0714. The highest BCUT2D eigenvalue weighted by Crippen LogP contribution is 2.32. The molecule has 0 unspecified atom stereocenters. The Morgan fingerprint density at radius 2 is 2.00 bits per heavy atom. The molecule has 3 rings (SSSR count). The average molecular weight is 319 g/mol. The van der Waals surface area contributed by atoms with E-state index in [0.29, 0.717) is 11.4 Å². The van der Waals surface area contributed by atoms with Gasteiger partial charge in [-0.3, -0.25) is 9.82 Å². The molecule has 0 atom stereocenters. The Kier molecular flexibility index (Phi) is 3.52. The maximum atomic E-state index is 12.4. The number of hydrogen-bond donors (Lipinski definition) is 2. The second-order valence-electron chi connectivity index (χ2n) is 4.49. The lowest BCUT2D eigenvalue weighted by Crippen LogP contribution is -2.14. The van der Waals surface area contributed by atoms with E-state index >= 15 is 0 Å². The van der Waals surface area contributed by atoms with Gasteiger partial charge < -0.3 is 0 Å². The Labute approximate surface area is 126 Å². The van der Waals surface area contributed by atoms with Crippen molar-refractivity contribution < 1.29 is 8.42 Å². The van der Waals surface area contributed by atoms with Gasteiger partial charge in [0.2, 0.25) is 0 Å². The number of rotatable bonds is 4. The van der Waals surface area contributed by atoms with Gasteiger partial charge in [-0.15, -0.1) is 11.3 Å². The molecule has 3 aromatic rings. The van der Waals surface area contributed by atoms with Crippen molar-refractivity contribution in [2.24, 2.45) is 0 Å². The first-order valence-electron chi connectivity index (χ1n) is 6.23. The van der Waals surface area contributed by atoms with E-state index in [-0.39, 0.29) is 4.90 Å². The molecule has 0 fully saturated rings. The van der Waals surface area contributed by atoms with Gasteiger partial charge in [-0.25, -0.2) is 8.42 Å². The van der Waals surface area contributed by atoms with Crippen LogP contribution in [0.25, 0.3) is 10.4 Å². The lowest BCUT2D eigenvalue weighted by Gasteiger charge is -2.11. The van der Waals surface area contributed by atoms with Crippen molar-refractivity contribution in [1.29, 1.82) is 0 Å². The summed E-state index contributed by atoms with van der Waals surface area (Å²) in [4.78, 5) is 1.17. The summed E-state index contributed by atoms with van der Waals surface area (Å²) < 4.78 is 27.5. The minimum Gasteiger partial charge on any atom is -0.281 e. The number of aromatic amines is 1. The Balaban J connectivity index is 2.02. The summed E-state index contributed by atoms with van der Waals surface area (Å²) in [6.07, 6.45) is 1.31. The molecule has 2 heterocycles. The van der Waals surface area contributed by atoms with Crippen LogP contribution in [0, 0.1) is 6.92 Å². The summed E-state index contributed by atoms with van der Waals surface area (Å²) in [6, 6.07) is 11.2. The van der Waals surface area contributed by atoms with Gasteiger partial charge >= 0.3 is 0 Å². The zero-order valence-corrected chi connectivity index (χ0v) is 12.8. The zero-order valence-electron chi connectivity index (χ0n) is 11.2. The van der Waals surface area contributed by atoms with E-state index in [1.165, 1.54) is 6.20 Å². The molecular weight excluding hydrogens is 306 g/mol. The van der Waals surface area contributed by atoms with Gasteiger partial charge in [0.1, 0.15) is 4.90 Å². The van der Waals surface area contributed by atoms with Crippen LogP contribution in [0.2, 0.25) is 0 Å². The van der Waals surface area contributed by atoms with Crippen LogP contribution in [-0.2, 0) is 10.0 Å². The van der Waals surface area contributed by atoms with Crippen LogP contribution in [0.3, 0.4) is 0 Å². The smallest absolute Gasteiger partial charge is 0.265 e. The number of aromatic nitrogens is 2. The van der Waals surface area contributed by atoms with Crippen molar-refractivity contribution in [2.75, 3.05) is 4.72 Å². The van der Waals surface area contributed by atoms with Crippen molar-refractivity contribution in [3.8, 4) is 10.4 Å². The lowest BCUT2D eigenvalue weighted by atomic mass is 10.1. The Morgan fingerprint density at radius 3 is 2.67 bits per heavy atom. The SMILES string of the molecule is Cc1[nH]ncc1S(=O)(=O)Nc1ccccc1-c1cccs1. The van der Waals surface area contributed by atoms with Gasteiger partial charge in [0.25, 0.3) is 10.0 Å². The molecule has 0 aliphatic heterocycles. The Morgan fingerprint density at radius 1 is 1.19 bits per heavy atom. The van der Waals surface area contributed by atoms with E-state index in [4.69, 9.17) is 0 Å².